The number of aryl methyl sites for hydroxylation is 1. The van der Waals surface area contributed by atoms with E-state index in [1.165, 1.54) is 0 Å². The zero-order chi connectivity index (χ0) is 15.1. The zero-order valence-electron chi connectivity index (χ0n) is 12.9. The number of pyridine rings is 1. The molecule has 3 N–H and O–H groups in total. The zero-order valence-corrected chi connectivity index (χ0v) is 12.9. The van der Waals surface area contributed by atoms with Crippen LogP contribution in [0.2, 0.25) is 0 Å². The van der Waals surface area contributed by atoms with Gasteiger partial charge >= 0.3 is 0 Å². The maximum Gasteiger partial charge on any atom is 0.140 e. The molecule has 1 rings (SSSR count). The summed E-state index contributed by atoms with van der Waals surface area (Å²) in [6, 6.07) is 4.14. The molecule has 0 radical (unpaired) electrons. The molecule has 0 aliphatic carbocycles. The van der Waals surface area contributed by atoms with Crippen LogP contribution in [0.5, 0.6) is 0 Å². The van der Waals surface area contributed by atoms with E-state index in [-0.39, 0.29) is 5.84 Å². The summed E-state index contributed by atoms with van der Waals surface area (Å²) in [5.41, 5.74) is 7.32. The Morgan fingerprint density at radius 3 is 2.55 bits per heavy atom. The molecule has 0 aromatic carbocycles. The van der Waals surface area contributed by atoms with E-state index in [1.807, 2.05) is 19.1 Å². The lowest BCUT2D eigenvalue weighted by molar-refractivity contribution is 0.202. The molecule has 20 heavy (non-hydrogen) atoms. The van der Waals surface area contributed by atoms with Crippen LogP contribution in [0, 0.1) is 12.3 Å². The summed E-state index contributed by atoms with van der Waals surface area (Å²) >= 11 is 0. The molecule has 5 nitrogen and oxygen atoms in total. The number of anilines is 1. The molecule has 1 aromatic rings. The van der Waals surface area contributed by atoms with Crippen molar-refractivity contribution < 1.29 is 4.74 Å². The normalized spacial score (nSPS) is 10.8. The molecule has 0 atom stereocenters. The van der Waals surface area contributed by atoms with Gasteiger partial charge in [-0.05, 0) is 31.9 Å². The van der Waals surface area contributed by atoms with Crippen molar-refractivity contribution in [3.63, 3.8) is 0 Å². The van der Waals surface area contributed by atoms with Gasteiger partial charge in [-0.25, -0.2) is 4.98 Å². The third kappa shape index (κ3) is 3.93. The van der Waals surface area contributed by atoms with Crippen LogP contribution in [0.25, 0.3) is 0 Å². The first kappa shape index (κ1) is 16.4. The largest absolute Gasteiger partial charge is 0.384 e. The fourth-order valence-electron chi connectivity index (χ4n) is 2.35. The van der Waals surface area contributed by atoms with Gasteiger partial charge in [-0.15, -0.1) is 0 Å². The highest BCUT2D eigenvalue weighted by atomic mass is 16.5. The van der Waals surface area contributed by atoms with E-state index in [1.54, 1.807) is 7.11 Å². The standard InChI is InChI=1S/C15H26N4O/c1-5-12(6-2)19(9-10-20-4)15-13(14(16)17)8-7-11(3)18-15/h7-8,12H,5-6,9-10H2,1-4H3,(H3,16,17). The Morgan fingerprint density at radius 1 is 1.40 bits per heavy atom. The van der Waals surface area contributed by atoms with E-state index < -0.39 is 0 Å². The SMILES string of the molecule is CCC(CC)N(CCOC)c1nc(C)ccc1C(=N)N. The smallest absolute Gasteiger partial charge is 0.140 e. The van der Waals surface area contributed by atoms with Crippen molar-refractivity contribution in [1.29, 1.82) is 5.41 Å². The third-order valence-corrected chi connectivity index (χ3v) is 3.50. The van der Waals surface area contributed by atoms with Crippen molar-refractivity contribution in [2.24, 2.45) is 5.73 Å². The topological polar surface area (TPSA) is 75.2 Å². The quantitative estimate of drug-likeness (QED) is 0.565. The molecule has 112 valence electrons. The van der Waals surface area contributed by atoms with E-state index in [9.17, 15) is 0 Å². The Hall–Kier alpha value is -1.62. The van der Waals surface area contributed by atoms with Crippen molar-refractivity contribution in [3.05, 3.63) is 23.4 Å². The predicted octanol–water partition coefficient (Wildman–Crippen LogP) is 2.32. The average molecular weight is 278 g/mol. The summed E-state index contributed by atoms with van der Waals surface area (Å²) in [6.45, 7) is 7.66. The molecule has 0 saturated heterocycles. The van der Waals surface area contributed by atoms with Crippen LogP contribution in [-0.4, -0.2) is 37.1 Å². The van der Waals surface area contributed by atoms with Crippen LogP contribution in [0.15, 0.2) is 12.1 Å². The number of nitrogens with zero attached hydrogens (tertiary/aromatic N) is 2. The number of amidine groups is 1. The van der Waals surface area contributed by atoms with Crippen molar-refractivity contribution in [2.45, 2.75) is 39.7 Å². The lowest BCUT2D eigenvalue weighted by atomic mass is 10.1. The monoisotopic (exact) mass is 278 g/mol. The van der Waals surface area contributed by atoms with E-state index in [0.717, 1.165) is 30.9 Å². The van der Waals surface area contributed by atoms with Gasteiger partial charge in [0.2, 0.25) is 0 Å². The first-order chi connectivity index (χ1) is 9.54. The Bertz CT molecular complexity index is 443. The Kier molecular flexibility index (Phi) is 6.45. The average Bonchev–Trinajstić information content (AvgIpc) is 2.43. The van der Waals surface area contributed by atoms with Gasteiger partial charge in [-0.2, -0.15) is 0 Å². The van der Waals surface area contributed by atoms with Crippen molar-refractivity contribution in [1.82, 2.24) is 4.98 Å². The minimum atomic E-state index is 0.0564. The molecule has 1 aromatic heterocycles. The van der Waals surface area contributed by atoms with Crippen LogP contribution in [0.4, 0.5) is 5.82 Å². The molecule has 0 amide bonds. The van der Waals surface area contributed by atoms with Crippen LogP contribution in [-0.2, 0) is 4.74 Å². The first-order valence-electron chi connectivity index (χ1n) is 7.12. The van der Waals surface area contributed by atoms with E-state index in [4.69, 9.17) is 15.9 Å². The van der Waals surface area contributed by atoms with Gasteiger partial charge in [0.1, 0.15) is 11.7 Å². The number of nitrogens with two attached hydrogens (primary N) is 1. The molecule has 0 fully saturated rings. The van der Waals surface area contributed by atoms with E-state index >= 15 is 0 Å². The van der Waals surface area contributed by atoms with Gasteiger partial charge in [-0.3, -0.25) is 5.41 Å². The van der Waals surface area contributed by atoms with Crippen molar-refractivity contribution >= 4 is 11.7 Å². The summed E-state index contributed by atoms with van der Waals surface area (Å²) in [6.07, 6.45) is 2.04. The van der Waals surface area contributed by atoms with Gasteiger partial charge in [-0.1, -0.05) is 13.8 Å². The number of methoxy groups -OCH3 is 1. The highest BCUT2D eigenvalue weighted by Crippen LogP contribution is 2.23. The number of aromatic nitrogens is 1. The van der Waals surface area contributed by atoms with Gasteiger partial charge < -0.3 is 15.4 Å². The molecule has 0 aliphatic rings. The fraction of sp³-hybridized carbons (Fsp3) is 0.600. The van der Waals surface area contributed by atoms with Crippen LogP contribution < -0.4 is 10.6 Å². The van der Waals surface area contributed by atoms with Crippen molar-refractivity contribution in [2.75, 3.05) is 25.2 Å². The maximum atomic E-state index is 7.75. The summed E-state index contributed by atoms with van der Waals surface area (Å²) in [4.78, 5) is 6.83. The molecule has 0 unspecified atom stereocenters. The second kappa shape index (κ2) is 7.85. The molecule has 0 saturated carbocycles. The molecule has 0 spiro atoms. The second-order valence-electron chi connectivity index (χ2n) is 4.89. The minimum absolute atomic E-state index is 0.0564. The molecule has 0 aliphatic heterocycles. The number of hydrogen-bond donors (Lipinski definition) is 2. The summed E-state index contributed by atoms with van der Waals surface area (Å²) in [5, 5.41) is 7.75. The fourth-order valence-corrected chi connectivity index (χ4v) is 2.35. The Balaban J connectivity index is 3.23. The first-order valence-corrected chi connectivity index (χ1v) is 7.12. The Morgan fingerprint density at radius 2 is 2.05 bits per heavy atom. The van der Waals surface area contributed by atoms with E-state index in [2.05, 4.69) is 23.7 Å². The van der Waals surface area contributed by atoms with Crippen LogP contribution in [0.3, 0.4) is 0 Å². The van der Waals surface area contributed by atoms with Gasteiger partial charge in [0.15, 0.2) is 0 Å². The van der Waals surface area contributed by atoms with Gasteiger partial charge in [0, 0.05) is 25.4 Å². The lowest BCUT2D eigenvalue weighted by Crippen LogP contribution is -2.39. The molecular formula is C15H26N4O. The number of nitrogens with one attached hydrogen (secondary N) is 1. The molecule has 1 heterocycles. The highest BCUT2D eigenvalue weighted by molar-refractivity contribution is 5.99. The number of rotatable bonds is 8. The second-order valence-corrected chi connectivity index (χ2v) is 4.89. The number of hydrogen-bond acceptors (Lipinski definition) is 4. The van der Waals surface area contributed by atoms with Gasteiger partial charge in [0.25, 0.3) is 0 Å². The number of nitrogen functional groups attached to an aromatic ring is 1. The van der Waals surface area contributed by atoms with Crippen LogP contribution >= 0.6 is 0 Å². The van der Waals surface area contributed by atoms with Crippen LogP contribution in [0.1, 0.15) is 37.9 Å². The number of ether oxygens (including phenoxy) is 1. The minimum Gasteiger partial charge on any atom is -0.384 e. The van der Waals surface area contributed by atoms with Crippen molar-refractivity contribution in [3.8, 4) is 0 Å². The molecular weight excluding hydrogens is 252 g/mol. The molecule has 0 bridgehead atoms. The highest BCUT2D eigenvalue weighted by Gasteiger charge is 2.21. The third-order valence-electron chi connectivity index (χ3n) is 3.50. The summed E-state index contributed by atoms with van der Waals surface area (Å²) < 4.78 is 5.21. The lowest BCUT2D eigenvalue weighted by Gasteiger charge is -2.33. The summed E-state index contributed by atoms with van der Waals surface area (Å²) in [7, 11) is 1.70. The predicted molar refractivity (Wildman–Crippen MR) is 83.6 cm³/mol. The van der Waals surface area contributed by atoms with Gasteiger partial charge in [0.05, 0.1) is 12.2 Å². The molecule has 5 heteroatoms. The van der Waals surface area contributed by atoms with E-state index in [0.29, 0.717) is 18.2 Å². The maximum absolute atomic E-state index is 7.75. The Labute approximate surface area is 121 Å². The summed E-state index contributed by atoms with van der Waals surface area (Å²) in [5.74, 6) is 0.851.